The number of phenols is 2. The number of rotatable bonds is 9. The second-order valence-corrected chi connectivity index (χ2v) is 13.3. The van der Waals surface area contributed by atoms with E-state index in [-0.39, 0.29) is 23.6 Å². The van der Waals surface area contributed by atoms with E-state index in [0.29, 0.717) is 17.2 Å². The number of aromatic hydroxyl groups is 2. The third kappa shape index (κ3) is 8.90. The number of benzene rings is 4. The van der Waals surface area contributed by atoms with Gasteiger partial charge in [-0.05, 0) is 122 Å². The molecule has 2 aliphatic heterocycles. The van der Waals surface area contributed by atoms with E-state index in [1.165, 1.54) is 22.3 Å². The van der Waals surface area contributed by atoms with E-state index in [4.69, 9.17) is 37.6 Å². The summed E-state index contributed by atoms with van der Waals surface area (Å²) in [5, 5.41) is 20.7. The van der Waals surface area contributed by atoms with Gasteiger partial charge in [0.05, 0.1) is 36.2 Å². The average Bonchev–Trinajstić information content (AvgIpc) is 3.08. The zero-order valence-corrected chi connectivity index (χ0v) is 29.5. The summed E-state index contributed by atoms with van der Waals surface area (Å²) in [5.41, 5.74) is 7.07. The second kappa shape index (κ2) is 15.7. The lowest BCUT2D eigenvalue weighted by atomic mass is 9.88. The summed E-state index contributed by atoms with van der Waals surface area (Å²) in [6.45, 7) is 1.86. The van der Waals surface area contributed by atoms with E-state index < -0.39 is 10.2 Å². The zero-order chi connectivity index (χ0) is 36.2. The Bertz CT molecular complexity index is 1770. The first-order valence-corrected chi connectivity index (χ1v) is 17.3. The van der Waals surface area contributed by atoms with Crippen LogP contribution in [0.2, 0.25) is 0 Å². The predicted molar refractivity (Wildman–Crippen MR) is 177 cm³/mol. The van der Waals surface area contributed by atoms with Crippen molar-refractivity contribution in [3.05, 3.63) is 100 Å². The molecule has 1 unspecified atom stereocenters. The first-order valence-electron chi connectivity index (χ1n) is 16.0. The lowest BCUT2D eigenvalue weighted by Crippen LogP contribution is -2.58. The quantitative estimate of drug-likeness (QED) is 0.232. The van der Waals surface area contributed by atoms with Crippen molar-refractivity contribution in [1.29, 1.82) is 0 Å². The van der Waals surface area contributed by atoms with Gasteiger partial charge in [-0.1, -0.05) is 18.2 Å². The van der Waals surface area contributed by atoms with Crippen molar-refractivity contribution >= 4 is 0 Å². The van der Waals surface area contributed by atoms with Crippen LogP contribution in [-0.4, -0.2) is 73.2 Å². The molecule has 6 rings (SSSR count). The van der Waals surface area contributed by atoms with E-state index in [2.05, 4.69) is 48.2 Å². The van der Waals surface area contributed by atoms with E-state index >= 15 is 0 Å². The highest BCUT2D eigenvalue weighted by molar-refractivity contribution is 5.54. The van der Waals surface area contributed by atoms with Crippen molar-refractivity contribution in [2.75, 3.05) is 48.5 Å². The van der Waals surface area contributed by atoms with Gasteiger partial charge in [-0.2, -0.15) is 14.0 Å². The van der Waals surface area contributed by atoms with Crippen LogP contribution in [0.25, 0.3) is 0 Å². The number of likely N-dealkylation sites (N-methyl/N-ethyl adjacent to an activating group) is 2. The second-order valence-electron chi connectivity index (χ2n) is 12.5. The van der Waals surface area contributed by atoms with Gasteiger partial charge in [0, 0.05) is 25.2 Å². The fraction of sp³-hybridized carbons (Fsp3) is 0.351. The zero-order valence-electron chi connectivity index (χ0n) is 28.7. The van der Waals surface area contributed by atoms with Crippen molar-refractivity contribution in [2.24, 2.45) is 0 Å². The third-order valence-corrected chi connectivity index (χ3v) is 9.36. The Kier molecular flexibility index (Phi) is 11.6. The molecule has 0 bridgehead atoms. The summed E-state index contributed by atoms with van der Waals surface area (Å²) in [6, 6.07) is 21.6. The fourth-order valence-corrected chi connectivity index (χ4v) is 6.72. The minimum absolute atomic E-state index is 0.0695. The number of nitrogens with zero attached hydrogens (tertiary/aromatic N) is 2. The van der Waals surface area contributed by atoms with Crippen molar-refractivity contribution in [3.63, 3.8) is 0 Å². The first kappa shape index (κ1) is 37.0. The maximum absolute atomic E-state index is 10.9. The number of methoxy groups -OCH3 is 3. The summed E-state index contributed by atoms with van der Waals surface area (Å²) in [5.74, 6) is 3.38. The fourth-order valence-electron chi connectivity index (χ4n) is 6.72. The summed E-state index contributed by atoms with van der Waals surface area (Å²) in [7, 11) is 4.57. The highest BCUT2D eigenvalue weighted by atomic mass is 35.7. The van der Waals surface area contributed by atoms with Crippen LogP contribution in [-0.2, 0) is 25.7 Å². The maximum atomic E-state index is 10.9. The molecule has 268 valence electrons. The van der Waals surface area contributed by atoms with Crippen LogP contribution in [0.3, 0.4) is 0 Å². The smallest absolute Gasteiger partial charge is 0.169 e. The number of halogens is 1. The summed E-state index contributed by atoms with van der Waals surface area (Å²) >= 11 is 0. The van der Waals surface area contributed by atoms with Crippen LogP contribution in [0, 0.1) is 10.2 Å². The number of phenolic OH excluding ortho intramolecular Hbond substituents is 2. The Morgan fingerprint density at radius 3 is 1.60 bits per heavy atom. The van der Waals surface area contributed by atoms with Crippen LogP contribution >= 0.6 is 0 Å². The molecule has 2 heterocycles. The minimum Gasteiger partial charge on any atom is -0.508 e. The largest absolute Gasteiger partial charge is 0.508 e. The van der Waals surface area contributed by atoms with Crippen LogP contribution in [0.1, 0.15) is 45.5 Å². The Labute approximate surface area is 294 Å². The molecule has 50 heavy (non-hydrogen) atoms. The molecular formula is C37H43ClN2O10. The predicted octanol–water partition coefficient (Wildman–Crippen LogP) is 2.34. The van der Waals surface area contributed by atoms with Crippen LogP contribution in [0.15, 0.2) is 66.7 Å². The van der Waals surface area contributed by atoms with E-state index in [1.807, 2.05) is 24.3 Å². The highest BCUT2D eigenvalue weighted by Crippen LogP contribution is 2.44. The molecule has 4 aromatic carbocycles. The van der Waals surface area contributed by atoms with Gasteiger partial charge in [0.1, 0.15) is 5.75 Å². The van der Waals surface area contributed by atoms with E-state index in [1.54, 1.807) is 39.5 Å². The molecule has 0 saturated heterocycles. The van der Waals surface area contributed by atoms with Crippen molar-refractivity contribution in [2.45, 2.75) is 37.8 Å². The molecule has 0 amide bonds. The molecule has 3 N–H and O–H groups in total. The molecule has 0 saturated carbocycles. The van der Waals surface area contributed by atoms with Crippen molar-refractivity contribution in [1.82, 2.24) is 9.80 Å². The molecule has 4 aromatic rings. The maximum Gasteiger partial charge on any atom is 0.169 e. The SMILES string of the molecule is COc1cc2c(cc1OC)C(Cc1ccc(O)c(Oc3cc4c(cc3OC)CCN(C)[C@H]4Cc3ccc(O)cc3)c1)N(C)CC2.[O-][Cl+3]([O-])([O-])O. The Hall–Kier alpha value is -4.27. The van der Waals surface area contributed by atoms with Crippen molar-refractivity contribution < 1.29 is 58.0 Å². The van der Waals surface area contributed by atoms with Gasteiger partial charge in [0.25, 0.3) is 0 Å². The van der Waals surface area contributed by atoms with Crippen molar-refractivity contribution in [3.8, 4) is 40.2 Å². The molecule has 0 spiro atoms. The Morgan fingerprint density at radius 2 is 1.08 bits per heavy atom. The molecule has 13 heteroatoms. The standard InChI is InChI=1S/C37H42N2O6.ClHO4/c1-38-14-13-26-20-35(43-4)37(22-29(26)30(38)16-23-6-9-27(40)10-7-23)45-33-18-24(8-11-32(33)41)17-31-28-21-36(44-5)34(42-3)19-25(28)12-15-39(31)2;2-1(3,4)5/h6-11,18-22,30-31,40-41H,12-17H2,1-5H3;(H,2,3,4,5)/t30-,31?;/m0./s1. The van der Waals surface area contributed by atoms with Crippen LogP contribution in [0.5, 0.6) is 40.2 Å². The number of fused-ring (bicyclic) bond motifs is 2. The minimum atomic E-state index is -4.69. The average molecular weight is 711 g/mol. The Balaban J connectivity index is 0.000000908. The van der Waals surface area contributed by atoms with Gasteiger partial charge in [-0.3, -0.25) is 9.80 Å². The molecule has 12 nitrogen and oxygen atoms in total. The van der Waals surface area contributed by atoms with Gasteiger partial charge in [0.15, 0.2) is 34.5 Å². The third-order valence-electron chi connectivity index (χ3n) is 9.36. The molecule has 0 fully saturated rings. The lowest BCUT2D eigenvalue weighted by molar-refractivity contribution is -1.92. The molecule has 0 aliphatic carbocycles. The molecular weight excluding hydrogens is 668 g/mol. The first-order chi connectivity index (χ1) is 23.8. The number of ether oxygens (including phenoxy) is 4. The van der Waals surface area contributed by atoms with Crippen LogP contribution in [0.4, 0.5) is 0 Å². The van der Waals surface area contributed by atoms with Crippen LogP contribution < -0.4 is 32.9 Å². The highest BCUT2D eigenvalue weighted by Gasteiger charge is 2.29. The summed E-state index contributed by atoms with van der Waals surface area (Å²) in [6.07, 6.45) is 3.37. The molecule has 0 radical (unpaired) electrons. The van der Waals surface area contributed by atoms with Gasteiger partial charge in [0.2, 0.25) is 0 Å². The number of hydrogen-bond donors (Lipinski definition) is 3. The normalized spacial score (nSPS) is 17.5. The summed E-state index contributed by atoms with van der Waals surface area (Å²) < 4.78 is 56.2. The van der Waals surface area contributed by atoms with Gasteiger partial charge in [-0.15, -0.1) is 0 Å². The Morgan fingerprint density at radius 1 is 0.640 bits per heavy atom. The topological polar surface area (TPSA) is 173 Å². The monoisotopic (exact) mass is 710 g/mol. The van der Waals surface area contributed by atoms with E-state index in [9.17, 15) is 10.2 Å². The number of hydrogen-bond acceptors (Lipinski definition) is 12. The van der Waals surface area contributed by atoms with Gasteiger partial charge >= 0.3 is 0 Å². The molecule has 2 aliphatic rings. The molecule has 0 aromatic heterocycles. The van der Waals surface area contributed by atoms with E-state index in [0.717, 1.165) is 61.4 Å². The van der Waals surface area contributed by atoms with Gasteiger partial charge < -0.3 is 29.2 Å². The summed E-state index contributed by atoms with van der Waals surface area (Å²) in [4.78, 5) is 4.71. The molecule has 2 atom stereocenters. The van der Waals surface area contributed by atoms with Gasteiger partial charge in [-0.25, -0.2) is 0 Å². The lowest BCUT2D eigenvalue weighted by Gasteiger charge is -2.35.